The number of carbonyl (C=O) groups is 1. The minimum atomic E-state index is -4.34. The van der Waals surface area contributed by atoms with Crippen LogP contribution in [0.5, 0.6) is 0 Å². The van der Waals surface area contributed by atoms with E-state index in [4.69, 9.17) is 0 Å². The number of halogens is 3. The van der Waals surface area contributed by atoms with E-state index in [2.05, 4.69) is 0 Å². The highest BCUT2D eigenvalue weighted by Gasteiger charge is 2.33. The third-order valence-corrected chi connectivity index (χ3v) is 5.78. The van der Waals surface area contributed by atoms with Crippen molar-refractivity contribution in [1.82, 2.24) is 4.90 Å². The predicted octanol–water partition coefficient (Wildman–Crippen LogP) is 4.58. The van der Waals surface area contributed by atoms with Gasteiger partial charge in [0, 0.05) is 17.2 Å². The van der Waals surface area contributed by atoms with Crippen LogP contribution in [0.2, 0.25) is 0 Å². The van der Waals surface area contributed by atoms with Crippen LogP contribution in [0.25, 0.3) is 0 Å². The molecular formula is C16H14F3NOS2. The van der Waals surface area contributed by atoms with Gasteiger partial charge in [-0.05, 0) is 29.1 Å². The lowest BCUT2D eigenvalue weighted by Crippen LogP contribution is -2.31. The monoisotopic (exact) mass is 357 g/mol. The molecule has 23 heavy (non-hydrogen) atoms. The van der Waals surface area contributed by atoms with Crippen molar-refractivity contribution in [2.24, 2.45) is 0 Å². The highest BCUT2D eigenvalue weighted by molar-refractivity contribution is 7.99. The Kier molecular flexibility index (Phi) is 4.68. The van der Waals surface area contributed by atoms with Gasteiger partial charge < -0.3 is 4.90 Å². The molecule has 0 unspecified atom stereocenters. The molecule has 2 heterocycles. The van der Waals surface area contributed by atoms with Gasteiger partial charge in [0.2, 0.25) is 5.91 Å². The average molecular weight is 357 g/mol. The van der Waals surface area contributed by atoms with Crippen molar-refractivity contribution in [2.45, 2.75) is 18.0 Å². The van der Waals surface area contributed by atoms with Gasteiger partial charge >= 0.3 is 6.18 Å². The molecule has 0 spiro atoms. The number of thiophene rings is 1. The first-order valence-corrected chi connectivity index (χ1v) is 8.98. The first-order chi connectivity index (χ1) is 10.9. The zero-order valence-corrected chi connectivity index (χ0v) is 13.7. The van der Waals surface area contributed by atoms with Gasteiger partial charge in [0.1, 0.15) is 5.37 Å². The fourth-order valence-corrected chi connectivity index (χ4v) is 4.48. The molecule has 0 saturated carbocycles. The Hall–Kier alpha value is -1.47. The van der Waals surface area contributed by atoms with Crippen molar-refractivity contribution < 1.29 is 18.0 Å². The van der Waals surface area contributed by atoms with Crippen molar-refractivity contribution in [3.63, 3.8) is 0 Å². The van der Waals surface area contributed by atoms with E-state index in [1.807, 2.05) is 17.5 Å². The van der Waals surface area contributed by atoms with E-state index in [0.717, 1.165) is 28.3 Å². The number of hydrogen-bond acceptors (Lipinski definition) is 3. The predicted molar refractivity (Wildman–Crippen MR) is 86.4 cm³/mol. The van der Waals surface area contributed by atoms with Crippen LogP contribution in [-0.2, 0) is 17.4 Å². The van der Waals surface area contributed by atoms with Crippen LogP contribution in [0.3, 0.4) is 0 Å². The summed E-state index contributed by atoms with van der Waals surface area (Å²) in [6, 6.07) is 8.92. The zero-order chi connectivity index (χ0) is 16.4. The van der Waals surface area contributed by atoms with Crippen molar-refractivity contribution in [1.29, 1.82) is 0 Å². The van der Waals surface area contributed by atoms with E-state index in [1.165, 1.54) is 23.5 Å². The summed E-state index contributed by atoms with van der Waals surface area (Å²) >= 11 is 3.12. The molecule has 1 atom stereocenters. The largest absolute Gasteiger partial charge is 0.416 e. The molecule has 7 heteroatoms. The number of nitrogens with zero attached hydrogens (tertiary/aromatic N) is 1. The summed E-state index contributed by atoms with van der Waals surface area (Å²) in [5, 5.41) is 1.72. The lowest BCUT2D eigenvalue weighted by Gasteiger charge is -2.24. The summed E-state index contributed by atoms with van der Waals surface area (Å²) in [4.78, 5) is 15.2. The molecule has 3 rings (SSSR count). The van der Waals surface area contributed by atoms with Gasteiger partial charge in [0.25, 0.3) is 0 Å². The van der Waals surface area contributed by atoms with E-state index in [9.17, 15) is 18.0 Å². The number of alkyl halides is 3. The summed E-state index contributed by atoms with van der Waals surface area (Å²) in [5.74, 6) is 0.810. The quantitative estimate of drug-likeness (QED) is 0.801. The Balaban J connectivity index is 1.74. The maximum atomic E-state index is 12.6. The molecule has 2 aromatic rings. The van der Waals surface area contributed by atoms with Crippen molar-refractivity contribution in [2.75, 3.05) is 12.3 Å². The second-order valence-electron chi connectivity index (χ2n) is 5.19. The first kappa shape index (κ1) is 16.4. The molecule has 1 aromatic heterocycles. The van der Waals surface area contributed by atoms with Crippen LogP contribution >= 0.6 is 23.1 Å². The lowest BCUT2D eigenvalue weighted by atomic mass is 10.1. The van der Waals surface area contributed by atoms with E-state index >= 15 is 0 Å². The number of benzene rings is 1. The molecule has 2 nitrogen and oxygen atoms in total. The second kappa shape index (κ2) is 6.57. The van der Waals surface area contributed by atoms with Crippen LogP contribution in [0, 0.1) is 0 Å². The van der Waals surface area contributed by atoms with Crippen LogP contribution in [0.15, 0.2) is 41.8 Å². The highest BCUT2D eigenvalue weighted by Crippen LogP contribution is 2.39. The maximum absolute atomic E-state index is 12.6. The summed E-state index contributed by atoms with van der Waals surface area (Å²) in [6.07, 6.45) is -3.99. The number of thioether (sulfide) groups is 1. The van der Waals surface area contributed by atoms with Gasteiger partial charge in [-0.25, -0.2) is 0 Å². The third kappa shape index (κ3) is 3.72. The Labute approximate surface area is 140 Å². The summed E-state index contributed by atoms with van der Waals surface area (Å²) < 4.78 is 37.9. The Morgan fingerprint density at radius 3 is 2.57 bits per heavy atom. The van der Waals surface area contributed by atoms with Crippen molar-refractivity contribution in [3.05, 3.63) is 57.8 Å². The fourth-order valence-electron chi connectivity index (χ4n) is 2.50. The maximum Gasteiger partial charge on any atom is 0.416 e. The molecule has 1 aliphatic rings. The molecule has 0 bridgehead atoms. The average Bonchev–Trinajstić information content (AvgIpc) is 3.17. The molecule has 122 valence electrons. The molecule has 1 aromatic carbocycles. The van der Waals surface area contributed by atoms with Gasteiger partial charge in [-0.15, -0.1) is 23.1 Å². The standard InChI is InChI=1S/C16H14F3NOS2/c17-16(18,19)12-5-3-11(4-6-12)15-20(7-9-23-15)14(21)10-13-2-1-8-22-13/h1-6,8,15H,7,9-10H2/t15-/m0/s1. The molecule has 0 aliphatic carbocycles. The number of rotatable bonds is 3. The summed E-state index contributed by atoms with van der Waals surface area (Å²) in [5.41, 5.74) is 0.0701. The van der Waals surface area contributed by atoms with E-state index in [0.29, 0.717) is 13.0 Å². The van der Waals surface area contributed by atoms with Gasteiger partial charge in [-0.1, -0.05) is 18.2 Å². The molecule has 1 amide bonds. The zero-order valence-electron chi connectivity index (χ0n) is 12.0. The molecule has 1 fully saturated rings. The topological polar surface area (TPSA) is 20.3 Å². The summed E-state index contributed by atoms with van der Waals surface area (Å²) in [7, 11) is 0. The van der Waals surface area contributed by atoms with Gasteiger partial charge in [0.15, 0.2) is 0 Å². The Morgan fingerprint density at radius 2 is 1.96 bits per heavy atom. The van der Waals surface area contributed by atoms with E-state index in [1.54, 1.807) is 16.7 Å². The highest BCUT2D eigenvalue weighted by atomic mass is 32.2. The van der Waals surface area contributed by atoms with Crippen molar-refractivity contribution >= 4 is 29.0 Å². The molecule has 1 aliphatic heterocycles. The molecular weight excluding hydrogens is 343 g/mol. The molecule has 0 radical (unpaired) electrons. The van der Waals surface area contributed by atoms with Gasteiger partial charge in [-0.3, -0.25) is 4.79 Å². The van der Waals surface area contributed by atoms with Gasteiger partial charge in [0.05, 0.1) is 12.0 Å². The fraction of sp³-hybridized carbons (Fsp3) is 0.312. The minimum absolute atomic E-state index is 0.0161. The van der Waals surface area contributed by atoms with Crippen molar-refractivity contribution in [3.8, 4) is 0 Å². The summed E-state index contributed by atoms with van der Waals surface area (Å²) in [6.45, 7) is 0.626. The van der Waals surface area contributed by atoms with E-state index in [-0.39, 0.29) is 11.3 Å². The SMILES string of the molecule is O=C(Cc1cccs1)N1CCS[C@H]1c1ccc(C(F)(F)F)cc1. The smallest absolute Gasteiger partial charge is 0.325 e. The van der Waals surface area contributed by atoms with Crippen LogP contribution in [0.1, 0.15) is 21.4 Å². The number of amides is 1. The Morgan fingerprint density at radius 1 is 1.22 bits per heavy atom. The van der Waals surface area contributed by atoms with Crippen LogP contribution < -0.4 is 0 Å². The van der Waals surface area contributed by atoms with Crippen LogP contribution in [-0.4, -0.2) is 23.1 Å². The minimum Gasteiger partial charge on any atom is -0.325 e. The van der Waals surface area contributed by atoms with E-state index < -0.39 is 11.7 Å². The third-order valence-electron chi connectivity index (χ3n) is 3.64. The number of carbonyl (C=O) groups excluding carboxylic acids is 1. The first-order valence-electron chi connectivity index (χ1n) is 7.06. The second-order valence-corrected chi connectivity index (χ2v) is 7.41. The normalized spacial score (nSPS) is 18.4. The Bertz CT molecular complexity index is 668. The van der Waals surface area contributed by atoms with Gasteiger partial charge in [-0.2, -0.15) is 13.2 Å². The molecule has 0 N–H and O–H groups in total. The number of hydrogen-bond donors (Lipinski definition) is 0. The lowest BCUT2D eigenvalue weighted by molar-refractivity contribution is -0.137. The molecule has 1 saturated heterocycles. The van der Waals surface area contributed by atoms with Crippen LogP contribution in [0.4, 0.5) is 13.2 Å².